The molecule has 0 saturated heterocycles. The van der Waals surface area contributed by atoms with Crippen LogP contribution in [-0.2, 0) is 9.47 Å². The number of aliphatic hydroxyl groups excluding tert-OH is 2. The first kappa shape index (κ1) is 19.6. The first-order valence-electron chi connectivity index (χ1n) is 7.95. The minimum Gasteiger partial charge on any atom is -0.394 e. The minimum absolute atomic E-state index is 0.000869. The molecule has 0 bridgehead atoms. The topological polar surface area (TPSA) is 58.9 Å². The Morgan fingerprint density at radius 3 is 2.25 bits per heavy atom. The van der Waals surface area contributed by atoms with Crippen LogP contribution in [0.2, 0.25) is 0 Å². The Morgan fingerprint density at radius 2 is 1.58 bits per heavy atom. The molecule has 0 aliphatic heterocycles. The van der Waals surface area contributed by atoms with Crippen molar-refractivity contribution < 1.29 is 19.7 Å². The van der Waals surface area contributed by atoms with Crippen LogP contribution >= 0.6 is 23.5 Å². The number of thioether (sulfide) groups is 2. The molecule has 2 rings (SSSR count). The van der Waals surface area contributed by atoms with E-state index in [9.17, 15) is 0 Å². The van der Waals surface area contributed by atoms with Gasteiger partial charge in [-0.15, -0.1) is 0 Å². The van der Waals surface area contributed by atoms with Crippen LogP contribution in [0, 0.1) is 0 Å². The lowest BCUT2D eigenvalue weighted by atomic mass is 10.1. The molecule has 0 aromatic heterocycles. The highest BCUT2D eigenvalue weighted by Crippen LogP contribution is 2.34. The van der Waals surface area contributed by atoms with Gasteiger partial charge in [-0.05, 0) is 42.8 Å². The van der Waals surface area contributed by atoms with Crippen LogP contribution in [0.15, 0.2) is 46.2 Å². The average molecular weight is 369 g/mol. The highest BCUT2D eigenvalue weighted by molar-refractivity contribution is 8.00. The summed E-state index contributed by atoms with van der Waals surface area (Å²) in [7, 11) is 0. The maximum Gasteiger partial charge on any atom is 0.105 e. The monoisotopic (exact) mass is 368 g/mol. The van der Waals surface area contributed by atoms with E-state index >= 15 is 0 Å². The second kappa shape index (κ2) is 10.3. The maximum atomic E-state index is 8.85. The van der Waals surface area contributed by atoms with Gasteiger partial charge in [0.05, 0.1) is 26.4 Å². The minimum atomic E-state index is -0.0105. The van der Waals surface area contributed by atoms with Crippen LogP contribution in [-0.4, -0.2) is 47.5 Å². The molecule has 0 amide bonds. The molecule has 0 heterocycles. The fourth-order valence-corrected chi connectivity index (χ4v) is 4.16. The molecule has 6 heteroatoms. The Labute approximate surface area is 151 Å². The number of benzene rings is 2. The smallest absolute Gasteiger partial charge is 0.105 e. The summed E-state index contributed by atoms with van der Waals surface area (Å²) in [6.07, 6.45) is 0. The van der Waals surface area contributed by atoms with Gasteiger partial charge in [-0.25, -0.2) is 0 Å². The Hall–Kier alpha value is -0.760. The van der Waals surface area contributed by atoms with Crippen LogP contribution in [0.3, 0.4) is 0 Å². The predicted octanol–water partition coefficient (Wildman–Crippen LogP) is 3.73. The van der Waals surface area contributed by atoms with Gasteiger partial charge < -0.3 is 19.7 Å². The van der Waals surface area contributed by atoms with E-state index in [1.54, 1.807) is 23.5 Å². The SMILES string of the molecule is CC(OCCO)Sc1ccc2c(SC(C)OCCO)cccc2c1. The Balaban J connectivity index is 2.10. The van der Waals surface area contributed by atoms with E-state index in [4.69, 9.17) is 19.7 Å². The van der Waals surface area contributed by atoms with Crippen molar-refractivity contribution in [3.63, 3.8) is 0 Å². The van der Waals surface area contributed by atoms with E-state index in [0.29, 0.717) is 13.2 Å². The Morgan fingerprint density at radius 1 is 0.917 bits per heavy atom. The molecule has 132 valence electrons. The van der Waals surface area contributed by atoms with Crippen LogP contribution in [0.5, 0.6) is 0 Å². The fraction of sp³-hybridized carbons (Fsp3) is 0.444. The standard InChI is InChI=1S/C18H24O4S2/c1-13(21-10-8-19)23-16-6-7-17-15(12-16)4-3-5-18(17)24-14(2)22-11-9-20/h3-7,12-14,19-20H,8-11H2,1-2H3. The molecule has 24 heavy (non-hydrogen) atoms. The second-order valence-electron chi connectivity index (χ2n) is 5.20. The largest absolute Gasteiger partial charge is 0.394 e. The van der Waals surface area contributed by atoms with Gasteiger partial charge in [0.1, 0.15) is 10.9 Å². The molecule has 0 radical (unpaired) electrons. The molecule has 2 atom stereocenters. The number of hydrogen-bond acceptors (Lipinski definition) is 6. The van der Waals surface area contributed by atoms with Gasteiger partial charge in [0.15, 0.2) is 0 Å². The summed E-state index contributed by atoms with van der Waals surface area (Å²) in [5, 5.41) is 20.0. The number of fused-ring (bicyclic) bond motifs is 1. The second-order valence-corrected chi connectivity index (χ2v) is 7.91. The van der Waals surface area contributed by atoms with Crippen LogP contribution in [0.4, 0.5) is 0 Å². The summed E-state index contributed by atoms with van der Waals surface area (Å²) in [5.74, 6) is 0. The average Bonchev–Trinajstić information content (AvgIpc) is 2.58. The summed E-state index contributed by atoms with van der Waals surface area (Å²) in [6, 6.07) is 12.6. The Bertz CT molecular complexity index is 635. The zero-order valence-corrected chi connectivity index (χ0v) is 15.6. The van der Waals surface area contributed by atoms with Gasteiger partial charge in [0, 0.05) is 9.79 Å². The van der Waals surface area contributed by atoms with Crippen LogP contribution in [0.25, 0.3) is 10.8 Å². The van der Waals surface area contributed by atoms with E-state index in [1.165, 1.54) is 15.7 Å². The Kier molecular flexibility index (Phi) is 8.38. The van der Waals surface area contributed by atoms with E-state index in [2.05, 4.69) is 30.3 Å². The highest BCUT2D eigenvalue weighted by atomic mass is 32.2. The quantitative estimate of drug-likeness (QED) is 0.492. The fourth-order valence-electron chi connectivity index (χ4n) is 2.28. The van der Waals surface area contributed by atoms with Crippen molar-refractivity contribution in [3.8, 4) is 0 Å². The molecule has 4 nitrogen and oxygen atoms in total. The third-order valence-electron chi connectivity index (χ3n) is 3.29. The molecule has 0 aliphatic rings. The lowest BCUT2D eigenvalue weighted by Gasteiger charge is -2.15. The molecular formula is C18H24O4S2. The van der Waals surface area contributed by atoms with Crippen molar-refractivity contribution in [2.24, 2.45) is 0 Å². The van der Waals surface area contributed by atoms with E-state index in [0.717, 1.165) is 4.90 Å². The first-order chi connectivity index (χ1) is 11.6. The molecule has 0 saturated carbocycles. The van der Waals surface area contributed by atoms with Gasteiger partial charge in [-0.3, -0.25) is 0 Å². The third-order valence-corrected chi connectivity index (χ3v) is 5.37. The van der Waals surface area contributed by atoms with E-state index in [-0.39, 0.29) is 24.1 Å². The predicted molar refractivity (Wildman–Crippen MR) is 101 cm³/mol. The van der Waals surface area contributed by atoms with Gasteiger partial charge >= 0.3 is 0 Å². The first-order valence-corrected chi connectivity index (χ1v) is 9.71. The van der Waals surface area contributed by atoms with Crippen molar-refractivity contribution >= 4 is 34.3 Å². The van der Waals surface area contributed by atoms with E-state index in [1.807, 2.05) is 19.9 Å². The molecule has 2 unspecified atom stereocenters. The summed E-state index contributed by atoms with van der Waals surface area (Å²) < 4.78 is 11.0. The summed E-state index contributed by atoms with van der Waals surface area (Å²) in [4.78, 5) is 2.30. The summed E-state index contributed by atoms with van der Waals surface area (Å²) >= 11 is 3.29. The lowest BCUT2D eigenvalue weighted by molar-refractivity contribution is 0.0842. The van der Waals surface area contributed by atoms with Gasteiger partial charge in [-0.2, -0.15) is 0 Å². The van der Waals surface area contributed by atoms with Crippen molar-refractivity contribution in [1.29, 1.82) is 0 Å². The number of ether oxygens (including phenoxy) is 2. The molecule has 2 N–H and O–H groups in total. The molecule has 0 aliphatic carbocycles. The van der Waals surface area contributed by atoms with Gasteiger partial charge in [0.2, 0.25) is 0 Å². The summed E-state index contributed by atoms with van der Waals surface area (Å²) in [5.41, 5.74) is -0.0113. The zero-order chi connectivity index (χ0) is 17.4. The van der Waals surface area contributed by atoms with Crippen molar-refractivity contribution in [2.45, 2.75) is 34.5 Å². The van der Waals surface area contributed by atoms with Gasteiger partial charge in [0.25, 0.3) is 0 Å². The third kappa shape index (κ3) is 5.95. The van der Waals surface area contributed by atoms with Crippen LogP contribution < -0.4 is 0 Å². The zero-order valence-electron chi connectivity index (χ0n) is 14.0. The van der Waals surface area contributed by atoms with Gasteiger partial charge in [-0.1, -0.05) is 41.7 Å². The number of aliphatic hydroxyl groups is 2. The molecule has 0 fully saturated rings. The molecule has 2 aromatic rings. The molecule has 2 aromatic carbocycles. The molecule has 0 spiro atoms. The lowest BCUT2D eigenvalue weighted by Crippen LogP contribution is -2.07. The van der Waals surface area contributed by atoms with Crippen molar-refractivity contribution in [3.05, 3.63) is 36.4 Å². The number of rotatable bonds is 10. The number of hydrogen-bond donors (Lipinski definition) is 2. The van der Waals surface area contributed by atoms with Crippen molar-refractivity contribution in [2.75, 3.05) is 26.4 Å². The maximum absolute atomic E-state index is 8.85. The van der Waals surface area contributed by atoms with Crippen LogP contribution in [0.1, 0.15) is 13.8 Å². The summed E-state index contributed by atoms with van der Waals surface area (Å²) in [6.45, 7) is 4.76. The highest BCUT2D eigenvalue weighted by Gasteiger charge is 2.10. The van der Waals surface area contributed by atoms with Crippen molar-refractivity contribution in [1.82, 2.24) is 0 Å². The molecular weight excluding hydrogens is 344 g/mol. The van der Waals surface area contributed by atoms with E-state index < -0.39 is 0 Å². The normalized spacial score (nSPS) is 14.0.